The minimum atomic E-state index is -0.338. The number of amides is 1. The Kier molecular flexibility index (Phi) is 4.53. The fraction of sp³-hybridized carbons (Fsp3) is 0.385. The number of nitriles is 1. The number of nitrogens with zero attached hydrogens (tertiary/aromatic N) is 2. The number of nitrogens with one attached hydrogen (secondary N) is 1. The Labute approximate surface area is 102 Å². The second-order valence-electron chi connectivity index (χ2n) is 3.88. The summed E-state index contributed by atoms with van der Waals surface area (Å²) in [6, 6.07) is 8.92. The molecule has 0 heterocycles. The molecule has 0 aromatic heterocycles. The fourth-order valence-electron chi connectivity index (χ4n) is 1.49. The Morgan fingerprint density at radius 3 is 2.76 bits per heavy atom. The van der Waals surface area contributed by atoms with Crippen LogP contribution >= 0.6 is 0 Å². The first-order valence-electron chi connectivity index (χ1n) is 5.60. The molecule has 0 saturated carbocycles. The number of anilines is 1. The molecule has 0 aliphatic carbocycles. The molecular formula is C13H17N3O. The lowest BCUT2D eigenvalue weighted by Gasteiger charge is -2.21. The van der Waals surface area contributed by atoms with Gasteiger partial charge >= 0.3 is 0 Å². The van der Waals surface area contributed by atoms with Crippen molar-refractivity contribution in [1.29, 1.82) is 5.26 Å². The van der Waals surface area contributed by atoms with Crippen LogP contribution in [0.4, 0.5) is 5.69 Å². The lowest BCUT2D eigenvalue weighted by atomic mass is 10.1. The SMILES string of the molecule is CCN(C)C(=O)C(C)Nc1ccccc1C#N. The molecule has 1 rings (SSSR count). The predicted octanol–water partition coefficient (Wildman–Crippen LogP) is 1.84. The highest BCUT2D eigenvalue weighted by Gasteiger charge is 2.16. The Hall–Kier alpha value is -2.02. The van der Waals surface area contributed by atoms with Crippen LogP contribution in [0.1, 0.15) is 19.4 Å². The van der Waals surface area contributed by atoms with Crippen molar-refractivity contribution < 1.29 is 4.79 Å². The van der Waals surface area contributed by atoms with Crippen molar-refractivity contribution in [3.63, 3.8) is 0 Å². The summed E-state index contributed by atoms with van der Waals surface area (Å²) < 4.78 is 0. The molecule has 17 heavy (non-hydrogen) atoms. The molecular weight excluding hydrogens is 214 g/mol. The molecule has 1 atom stereocenters. The van der Waals surface area contributed by atoms with Gasteiger partial charge in [-0.15, -0.1) is 0 Å². The lowest BCUT2D eigenvalue weighted by Crippen LogP contribution is -2.38. The van der Waals surface area contributed by atoms with Gasteiger partial charge < -0.3 is 10.2 Å². The molecule has 0 saturated heterocycles. The second-order valence-corrected chi connectivity index (χ2v) is 3.88. The maximum absolute atomic E-state index is 11.9. The number of hydrogen-bond acceptors (Lipinski definition) is 3. The normalized spacial score (nSPS) is 11.4. The highest BCUT2D eigenvalue weighted by Crippen LogP contribution is 2.15. The Balaban J connectivity index is 2.78. The van der Waals surface area contributed by atoms with Crippen LogP contribution in [0.2, 0.25) is 0 Å². The summed E-state index contributed by atoms with van der Waals surface area (Å²) in [4.78, 5) is 13.5. The van der Waals surface area contributed by atoms with Crippen LogP contribution in [-0.4, -0.2) is 30.4 Å². The van der Waals surface area contributed by atoms with Gasteiger partial charge in [0, 0.05) is 13.6 Å². The van der Waals surface area contributed by atoms with Crippen molar-refractivity contribution >= 4 is 11.6 Å². The van der Waals surface area contributed by atoms with Crippen molar-refractivity contribution in [1.82, 2.24) is 4.90 Å². The van der Waals surface area contributed by atoms with E-state index in [1.54, 1.807) is 37.1 Å². The van der Waals surface area contributed by atoms with Crippen molar-refractivity contribution in [2.75, 3.05) is 18.9 Å². The highest BCUT2D eigenvalue weighted by atomic mass is 16.2. The van der Waals surface area contributed by atoms with E-state index in [-0.39, 0.29) is 11.9 Å². The molecule has 0 aliphatic heterocycles. The van der Waals surface area contributed by atoms with Crippen LogP contribution in [0, 0.1) is 11.3 Å². The monoisotopic (exact) mass is 231 g/mol. The first-order valence-corrected chi connectivity index (χ1v) is 5.60. The van der Waals surface area contributed by atoms with Gasteiger partial charge in [0.15, 0.2) is 0 Å². The third-order valence-electron chi connectivity index (χ3n) is 2.64. The zero-order valence-electron chi connectivity index (χ0n) is 10.4. The summed E-state index contributed by atoms with van der Waals surface area (Å²) in [7, 11) is 1.76. The van der Waals surface area contributed by atoms with Gasteiger partial charge in [-0.3, -0.25) is 4.79 Å². The van der Waals surface area contributed by atoms with Gasteiger partial charge in [0.2, 0.25) is 5.91 Å². The summed E-state index contributed by atoms with van der Waals surface area (Å²) in [5.41, 5.74) is 1.24. The molecule has 0 fully saturated rings. The first-order chi connectivity index (χ1) is 8.10. The maximum Gasteiger partial charge on any atom is 0.244 e. The number of rotatable bonds is 4. The number of benzene rings is 1. The lowest BCUT2D eigenvalue weighted by molar-refractivity contribution is -0.130. The van der Waals surface area contributed by atoms with Crippen LogP contribution in [0.3, 0.4) is 0 Å². The number of carbonyl (C=O) groups is 1. The molecule has 0 radical (unpaired) electrons. The van der Waals surface area contributed by atoms with E-state index in [2.05, 4.69) is 11.4 Å². The van der Waals surface area contributed by atoms with Crippen LogP contribution in [0.15, 0.2) is 24.3 Å². The number of likely N-dealkylation sites (N-methyl/N-ethyl adjacent to an activating group) is 1. The molecule has 1 aromatic carbocycles. The Morgan fingerprint density at radius 2 is 2.18 bits per heavy atom. The smallest absolute Gasteiger partial charge is 0.244 e. The van der Waals surface area contributed by atoms with E-state index < -0.39 is 0 Å². The third-order valence-corrected chi connectivity index (χ3v) is 2.64. The minimum Gasteiger partial charge on any atom is -0.373 e. The van der Waals surface area contributed by atoms with Crippen molar-refractivity contribution in [2.24, 2.45) is 0 Å². The molecule has 4 heteroatoms. The number of carbonyl (C=O) groups excluding carboxylic acids is 1. The molecule has 4 nitrogen and oxygen atoms in total. The summed E-state index contributed by atoms with van der Waals surface area (Å²) in [5, 5.41) is 12.0. The fourth-order valence-corrected chi connectivity index (χ4v) is 1.49. The second kappa shape index (κ2) is 5.90. The summed E-state index contributed by atoms with van der Waals surface area (Å²) >= 11 is 0. The Morgan fingerprint density at radius 1 is 1.53 bits per heavy atom. The van der Waals surface area contributed by atoms with E-state index in [1.807, 2.05) is 13.0 Å². The van der Waals surface area contributed by atoms with E-state index in [0.29, 0.717) is 17.8 Å². The highest BCUT2D eigenvalue weighted by molar-refractivity contribution is 5.84. The van der Waals surface area contributed by atoms with Crippen LogP contribution in [-0.2, 0) is 4.79 Å². The maximum atomic E-state index is 11.9. The molecule has 1 N–H and O–H groups in total. The molecule has 0 bridgehead atoms. The average molecular weight is 231 g/mol. The van der Waals surface area contributed by atoms with Crippen LogP contribution in [0.25, 0.3) is 0 Å². The van der Waals surface area contributed by atoms with Crippen molar-refractivity contribution in [3.05, 3.63) is 29.8 Å². The summed E-state index contributed by atoms with van der Waals surface area (Å²) in [5.74, 6) is 0.0141. The average Bonchev–Trinajstić information content (AvgIpc) is 2.37. The van der Waals surface area contributed by atoms with Crippen molar-refractivity contribution in [3.8, 4) is 6.07 Å². The number of hydrogen-bond donors (Lipinski definition) is 1. The minimum absolute atomic E-state index is 0.0141. The molecule has 0 spiro atoms. The third kappa shape index (κ3) is 3.22. The molecule has 90 valence electrons. The van der Waals surface area contributed by atoms with Gasteiger partial charge in [-0.1, -0.05) is 12.1 Å². The van der Waals surface area contributed by atoms with Gasteiger partial charge in [-0.2, -0.15) is 5.26 Å². The largest absolute Gasteiger partial charge is 0.373 e. The predicted molar refractivity (Wildman–Crippen MR) is 67.6 cm³/mol. The van der Waals surface area contributed by atoms with Gasteiger partial charge in [0.05, 0.1) is 11.3 Å². The Bertz CT molecular complexity index is 437. The molecule has 1 unspecified atom stereocenters. The standard InChI is InChI=1S/C13H17N3O/c1-4-16(3)13(17)10(2)15-12-8-6-5-7-11(12)9-14/h5-8,10,15H,4H2,1-3H3. The van der Waals surface area contributed by atoms with E-state index in [9.17, 15) is 4.79 Å². The van der Waals surface area contributed by atoms with Gasteiger partial charge in [-0.25, -0.2) is 0 Å². The van der Waals surface area contributed by atoms with E-state index in [4.69, 9.17) is 5.26 Å². The van der Waals surface area contributed by atoms with Crippen LogP contribution < -0.4 is 5.32 Å². The quantitative estimate of drug-likeness (QED) is 0.860. The van der Waals surface area contributed by atoms with Crippen LogP contribution in [0.5, 0.6) is 0 Å². The number of para-hydroxylation sites is 1. The van der Waals surface area contributed by atoms with E-state index in [0.717, 1.165) is 0 Å². The van der Waals surface area contributed by atoms with Gasteiger partial charge in [-0.05, 0) is 26.0 Å². The van der Waals surface area contributed by atoms with Gasteiger partial charge in [0.1, 0.15) is 12.1 Å². The first kappa shape index (κ1) is 13.0. The zero-order chi connectivity index (χ0) is 12.8. The van der Waals surface area contributed by atoms with E-state index in [1.165, 1.54) is 0 Å². The van der Waals surface area contributed by atoms with Crippen molar-refractivity contribution in [2.45, 2.75) is 19.9 Å². The topological polar surface area (TPSA) is 56.1 Å². The summed E-state index contributed by atoms with van der Waals surface area (Å²) in [6.45, 7) is 4.39. The molecule has 1 aromatic rings. The molecule has 0 aliphatic rings. The molecule has 1 amide bonds. The van der Waals surface area contributed by atoms with Gasteiger partial charge in [0.25, 0.3) is 0 Å². The summed E-state index contributed by atoms with van der Waals surface area (Å²) in [6.07, 6.45) is 0. The zero-order valence-corrected chi connectivity index (χ0v) is 10.4. The van der Waals surface area contributed by atoms with E-state index >= 15 is 0 Å².